The van der Waals surface area contributed by atoms with Crippen molar-refractivity contribution in [2.24, 2.45) is 0 Å². The number of hydrogen-bond donors (Lipinski definition) is 0. The van der Waals surface area contributed by atoms with E-state index in [-0.39, 0.29) is 13.4 Å². The van der Waals surface area contributed by atoms with E-state index < -0.39 is 0 Å². The Morgan fingerprint density at radius 1 is 0.452 bits per heavy atom. The Balaban J connectivity index is 1.31. The van der Waals surface area contributed by atoms with Crippen molar-refractivity contribution in [3.63, 3.8) is 0 Å². The van der Waals surface area contributed by atoms with Crippen molar-refractivity contribution < 1.29 is 9.47 Å². The monoisotopic (exact) mass is 538 g/mol. The summed E-state index contributed by atoms with van der Waals surface area (Å²) in [5, 5.41) is 0. The molecule has 0 bridgehead atoms. The van der Waals surface area contributed by atoms with E-state index in [1.165, 1.54) is 43.9 Å². The lowest BCUT2D eigenvalue weighted by Gasteiger charge is -2.29. The highest BCUT2D eigenvalue weighted by Gasteiger charge is 2.35. The van der Waals surface area contributed by atoms with Crippen LogP contribution in [0, 0.1) is 13.8 Å². The lowest BCUT2D eigenvalue weighted by atomic mass is 9.35. The second-order valence-electron chi connectivity index (χ2n) is 11.4. The van der Waals surface area contributed by atoms with Gasteiger partial charge >= 0.3 is 0 Å². The number of rotatable bonds is 3. The molecule has 2 aliphatic rings. The molecule has 2 nitrogen and oxygen atoms in total. The van der Waals surface area contributed by atoms with E-state index in [2.05, 4.69) is 135 Å². The topological polar surface area (TPSA) is 18.5 Å². The van der Waals surface area contributed by atoms with Crippen molar-refractivity contribution in [2.45, 2.75) is 13.8 Å². The molecule has 0 fully saturated rings. The molecule has 0 saturated carbocycles. The van der Waals surface area contributed by atoms with Crippen LogP contribution in [0.2, 0.25) is 0 Å². The molecule has 42 heavy (non-hydrogen) atoms. The SMILES string of the molecule is Cc1cccc(B2c3ccccc3Oc3c2cccc3-c2ccc(C)c(B3c4ccccc4Oc4ccccc43)c2)c1. The molecular formula is C38H28B2O2. The Bertz CT molecular complexity index is 1950. The third-order valence-corrected chi connectivity index (χ3v) is 8.76. The fourth-order valence-corrected chi connectivity index (χ4v) is 6.79. The molecule has 0 radical (unpaired) electrons. The first-order chi connectivity index (χ1) is 20.7. The minimum Gasteiger partial charge on any atom is -0.458 e. The third-order valence-electron chi connectivity index (χ3n) is 8.76. The molecule has 0 aliphatic carbocycles. The highest BCUT2D eigenvalue weighted by Crippen LogP contribution is 2.35. The number of para-hydroxylation sites is 4. The summed E-state index contributed by atoms with van der Waals surface area (Å²) >= 11 is 0. The Morgan fingerprint density at radius 3 is 1.74 bits per heavy atom. The standard InChI is InChI=1S/C38H28B2O2/c1-25-11-9-12-28(23-25)39-30-14-3-8-20-37(30)42-38-29(13-10-17-33(38)39)27-22-21-26(2)34(24-27)40-31-15-4-6-18-35(31)41-36-19-7-5-16-32(36)40/h3-24H,1-2H3. The van der Waals surface area contributed by atoms with Gasteiger partial charge in [-0.15, -0.1) is 0 Å². The smallest absolute Gasteiger partial charge is 0.251 e. The molecule has 6 aromatic carbocycles. The molecule has 2 heterocycles. The van der Waals surface area contributed by atoms with Crippen molar-refractivity contribution in [3.8, 4) is 34.1 Å². The largest absolute Gasteiger partial charge is 0.458 e. The van der Waals surface area contributed by atoms with Gasteiger partial charge in [0.25, 0.3) is 13.4 Å². The van der Waals surface area contributed by atoms with Crippen molar-refractivity contribution in [3.05, 3.63) is 145 Å². The zero-order valence-electron chi connectivity index (χ0n) is 23.7. The van der Waals surface area contributed by atoms with Crippen molar-refractivity contribution >= 4 is 46.2 Å². The van der Waals surface area contributed by atoms with Gasteiger partial charge in [0.1, 0.15) is 23.0 Å². The summed E-state index contributed by atoms with van der Waals surface area (Å²) in [6.45, 7) is 4.55. The van der Waals surface area contributed by atoms with E-state index >= 15 is 0 Å². The average molecular weight is 538 g/mol. The van der Waals surface area contributed by atoms with Crippen LogP contribution in [0.1, 0.15) is 11.1 Å². The van der Waals surface area contributed by atoms with Gasteiger partial charge in [0.2, 0.25) is 0 Å². The third kappa shape index (κ3) is 3.98. The van der Waals surface area contributed by atoms with Crippen molar-refractivity contribution in [2.75, 3.05) is 0 Å². The molecule has 0 aromatic heterocycles. The molecule has 6 aromatic rings. The van der Waals surface area contributed by atoms with Gasteiger partial charge in [-0.1, -0.05) is 137 Å². The number of fused-ring (bicyclic) bond motifs is 4. The summed E-state index contributed by atoms with van der Waals surface area (Å²) in [6.07, 6.45) is 0. The summed E-state index contributed by atoms with van der Waals surface area (Å²) < 4.78 is 13.1. The number of hydrogen-bond acceptors (Lipinski definition) is 2. The molecule has 0 N–H and O–H groups in total. The Labute approximate surface area is 247 Å². The average Bonchev–Trinajstić information content (AvgIpc) is 3.02. The maximum absolute atomic E-state index is 6.75. The van der Waals surface area contributed by atoms with E-state index in [1.54, 1.807) is 0 Å². The van der Waals surface area contributed by atoms with Gasteiger partial charge in [-0.2, -0.15) is 0 Å². The summed E-state index contributed by atoms with van der Waals surface area (Å²) in [4.78, 5) is 0. The molecule has 2 aliphatic heterocycles. The van der Waals surface area contributed by atoms with Crippen LogP contribution in [0.5, 0.6) is 23.0 Å². The van der Waals surface area contributed by atoms with E-state index in [1.807, 2.05) is 12.1 Å². The predicted molar refractivity (Wildman–Crippen MR) is 177 cm³/mol. The molecule has 0 unspecified atom stereocenters. The van der Waals surface area contributed by atoms with Crippen molar-refractivity contribution in [1.29, 1.82) is 0 Å². The van der Waals surface area contributed by atoms with Gasteiger partial charge in [0.15, 0.2) is 0 Å². The van der Waals surface area contributed by atoms with Crippen LogP contribution in [-0.2, 0) is 0 Å². The first kappa shape index (κ1) is 24.8. The molecule has 8 rings (SSSR count). The van der Waals surface area contributed by atoms with Gasteiger partial charge in [-0.05, 0) is 59.5 Å². The van der Waals surface area contributed by atoms with Gasteiger partial charge in [0.05, 0.1) is 0 Å². The van der Waals surface area contributed by atoms with Gasteiger partial charge < -0.3 is 9.47 Å². The summed E-state index contributed by atoms with van der Waals surface area (Å²) in [6, 6.07) is 47.6. The highest BCUT2D eigenvalue weighted by molar-refractivity contribution is 6.97. The number of ether oxygens (including phenoxy) is 2. The van der Waals surface area contributed by atoms with Crippen LogP contribution < -0.4 is 42.3 Å². The first-order valence-electron chi connectivity index (χ1n) is 14.6. The molecular weight excluding hydrogens is 510 g/mol. The normalized spacial score (nSPS) is 12.8. The van der Waals surface area contributed by atoms with Gasteiger partial charge in [-0.3, -0.25) is 0 Å². The maximum Gasteiger partial charge on any atom is 0.251 e. The zero-order chi connectivity index (χ0) is 28.2. The van der Waals surface area contributed by atoms with Crippen LogP contribution in [0.25, 0.3) is 11.1 Å². The molecule has 198 valence electrons. The molecule has 0 spiro atoms. The second-order valence-corrected chi connectivity index (χ2v) is 11.4. The minimum absolute atomic E-state index is 0.0762. The van der Waals surface area contributed by atoms with Crippen molar-refractivity contribution in [1.82, 2.24) is 0 Å². The van der Waals surface area contributed by atoms with Crippen LogP contribution >= 0.6 is 0 Å². The quantitative estimate of drug-likeness (QED) is 0.288. The minimum atomic E-state index is 0.0762. The van der Waals surface area contributed by atoms with E-state index in [0.717, 1.165) is 34.1 Å². The lowest BCUT2D eigenvalue weighted by Crippen LogP contribution is -2.55. The first-order valence-corrected chi connectivity index (χ1v) is 14.6. The molecule has 0 saturated heterocycles. The fourth-order valence-electron chi connectivity index (χ4n) is 6.79. The Hall–Kier alpha value is -4.95. The Kier molecular flexibility index (Phi) is 5.82. The zero-order valence-corrected chi connectivity index (χ0v) is 23.7. The maximum atomic E-state index is 6.75. The van der Waals surface area contributed by atoms with E-state index in [4.69, 9.17) is 9.47 Å². The molecule has 0 atom stereocenters. The van der Waals surface area contributed by atoms with Gasteiger partial charge in [0, 0.05) is 5.56 Å². The van der Waals surface area contributed by atoms with Crippen LogP contribution in [-0.4, -0.2) is 13.4 Å². The number of aryl methyl sites for hydroxylation is 2. The lowest BCUT2D eigenvalue weighted by molar-refractivity contribution is 0.487. The summed E-state index contributed by atoms with van der Waals surface area (Å²) in [7, 11) is 0. The fraction of sp³-hybridized carbons (Fsp3) is 0.0526. The van der Waals surface area contributed by atoms with Crippen LogP contribution in [0.3, 0.4) is 0 Å². The second kappa shape index (κ2) is 9.85. The number of benzene rings is 6. The molecule has 4 heteroatoms. The Morgan fingerprint density at radius 2 is 1.05 bits per heavy atom. The summed E-state index contributed by atoms with van der Waals surface area (Å²) in [5.74, 6) is 3.70. The summed E-state index contributed by atoms with van der Waals surface area (Å²) in [5.41, 5.74) is 12.1. The van der Waals surface area contributed by atoms with E-state index in [0.29, 0.717) is 0 Å². The van der Waals surface area contributed by atoms with Crippen LogP contribution in [0.4, 0.5) is 0 Å². The van der Waals surface area contributed by atoms with Gasteiger partial charge in [-0.25, -0.2) is 0 Å². The van der Waals surface area contributed by atoms with Crippen LogP contribution in [0.15, 0.2) is 133 Å². The highest BCUT2D eigenvalue weighted by atomic mass is 16.5. The predicted octanol–water partition coefficient (Wildman–Crippen LogP) is 5.21. The van der Waals surface area contributed by atoms with E-state index in [9.17, 15) is 0 Å². The molecule has 0 amide bonds.